The third kappa shape index (κ3) is 4.49. The van der Waals surface area contributed by atoms with Crippen molar-refractivity contribution >= 4 is 12.0 Å². The highest BCUT2D eigenvalue weighted by atomic mass is 16.5. The Morgan fingerprint density at radius 2 is 2.10 bits per heavy atom. The predicted molar refractivity (Wildman–Crippen MR) is 77.6 cm³/mol. The van der Waals surface area contributed by atoms with E-state index in [1.165, 1.54) is 5.56 Å². The summed E-state index contributed by atoms with van der Waals surface area (Å²) in [5.74, 6) is -0.430. The van der Waals surface area contributed by atoms with Gasteiger partial charge in [0.1, 0.15) is 5.76 Å². The number of carbonyl (C=O) groups excluding carboxylic acids is 1. The van der Waals surface area contributed by atoms with Crippen molar-refractivity contribution in [3.63, 3.8) is 0 Å². The topological polar surface area (TPSA) is 72.6 Å². The first-order valence-corrected chi connectivity index (χ1v) is 6.75. The zero-order valence-electron chi connectivity index (χ0n) is 11.8. The number of esters is 1. The van der Waals surface area contributed by atoms with Gasteiger partial charge in [-0.1, -0.05) is 30.3 Å². The first-order chi connectivity index (χ1) is 10.2. The average molecular weight is 287 g/mol. The molecule has 2 aromatic rings. The Morgan fingerprint density at radius 1 is 1.33 bits per heavy atom. The number of aromatic nitrogens is 1. The summed E-state index contributed by atoms with van der Waals surface area (Å²) in [5.41, 5.74) is 1.21. The van der Waals surface area contributed by atoms with E-state index in [2.05, 4.69) is 9.72 Å². The number of benzene rings is 1. The highest BCUT2D eigenvalue weighted by molar-refractivity contribution is 5.90. The fourth-order valence-corrected chi connectivity index (χ4v) is 1.80. The van der Waals surface area contributed by atoms with E-state index in [9.17, 15) is 9.90 Å². The standard InChI is InChI=1S/C16H17NO4/c1-2-20-16(19)14(18)10-15-17-11-13(21-15)9-8-12-6-4-3-5-7-12/h3-7,10-11,18H,2,8-9H2,1H3/b14-10-. The molecular formula is C16H17NO4. The van der Waals surface area contributed by atoms with Crippen molar-refractivity contribution in [1.82, 2.24) is 4.98 Å². The predicted octanol–water partition coefficient (Wildman–Crippen LogP) is 2.92. The Kier molecular flexibility index (Phi) is 5.15. The summed E-state index contributed by atoms with van der Waals surface area (Å²) in [7, 11) is 0. The van der Waals surface area contributed by atoms with Crippen LogP contribution in [0.1, 0.15) is 24.1 Å². The molecule has 5 nitrogen and oxygen atoms in total. The summed E-state index contributed by atoms with van der Waals surface area (Å²) in [6, 6.07) is 10.0. The van der Waals surface area contributed by atoms with Crippen LogP contribution in [0.3, 0.4) is 0 Å². The molecule has 1 N–H and O–H groups in total. The maximum atomic E-state index is 11.3. The second kappa shape index (κ2) is 7.28. The van der Waals surface area contributed by atoms with Gasteiger partial charge >= 0.3 is 5.97 Å². The van der Waals surface area contributed by atoms with Crippen LogP contribution >= 0.6 is 0 Å². The zero-order valence-corrected chi connectivity index (χ0v) is 11.8. The molecule has 0 saturated heterocycles. The number of nitrogens with zero attached hydrogens (tertiary/aromatic N) is 1. The summed E-state index contributed by atoms with van der Waals surface area (Å²) < 4.78 is 10.1. The lowest BCUT2D eigenvalue weighted by atomic mass is 10.1. The van der Waals surface area contributed by atoms with Crippen LogP contribution in [-0.4, -0.2) is 22.7 Å². The molecule has 110 valence electrons. The average Bonchev–Trinajstić information content (AvgIpc) is 2.94. The van der Waals surface area contributed by atoms with Crippen molar-refractivity contribution in [3.8, 4) is 0 Å². The number of aliphatic hydroxyl groups excluding tert-OH is 1. The molecule has 5 heteroatoms. The quantitative estimate of drug-likeness (QED) is 0.502. The molecule has 1 aromatic heterocycles. The highest BCUT2D eigenvalue weighted by Gasteiger charge is 2.10. The first kappa shape index (κ1) is 14.8. The second-order valence-electron chi connectivity index (χ2n) is 4.40. The lowest BCUT2D eigenvalue weighted by Gasteiger charge is -1.99. The van der Waals surface area contributed by atoms with E-state index >= 15 is 0 Å². The molecule has 0 saturated carbocycles. The molecule has 1 heterocycles. The lowest BCUT2D eigenvalue weighted by molar-refractivity contribution is -0.141. The van der Waals surface area contributed by atoms with E-state index in [4.69, 9.17) is 4.42 Å². The summed E-state index contributed by atoms with van der Waals surface area (Å²) in [6.07, 6.45) is 4.28. The van der Waals surface area contributed by atoms with Gasteiger partial charge in [0.2, 0.25) is 11.6 Å². The fourth-order valence-electron chi connectivity index (χ4n) is 1.80. The van der Waals surface area contributed by atoms with Gasteiger partial charge in [0.15, 0.2) is 0 Å². The van der Waals surface area contributed by atoms with Crippen LogP contribution in [0.4, 0.5) is 0 Å². The van der Waals surface area contributed by atoms with Gasteiger partial charge in [-0.25, -0.2) is 9.78 Å². The Hall–Kier alpha value is -2.56. The maximum absolute atomic E-state index is 11.3. The van der Waals surface area contributed by atoms with Gasteiger partial charge in [-0.15, -0.1) is 0 Å². The van der Waals surface area contributed by atoms with Crippen LogP contribution in [-0.2, 0) is 22.4 Å². The number of ether oxygens (including phenoxy) is 1. The molecule has 0 atom stereocenters. The maximum Gasteiger partial charge on any atom is 0.373 e. The molecule has 0 radical (unpaired) electrons. The van der Waals surface area contributed by atoms with Crippen LogP contribution in [0.15, 0.2) is 46.7 Å². The summed E-state index contributed by atoms with van der Waals surface area (Å²) >= 11 is 0. The van der Waals surface area contributed by atoms with Gasteiger partial charge in [0, 0.05) is 6.42 Å². The van der Waals surface area contributed by atoms with Gasteiger partial charge in [0.05, 0.1) is 18.9 Å². The minimum absolute atomic E-state index is 0.184. The highest BCUT2D eigenvalue weighted by Crippen LogP contribution is 2.11. The smallest absolute Gasteiger partial charge is 0.373 e. The summed E-state index contributed by atoms with van der Waals surface area (Å²) in [5, 5.41) is 9.51. The number of hydrogen-bond acceptors (Lipinski definition) is 5. The number of rotatable bonds is 6. The molecule has 2 rings (SSSR count). The van der Waals surface area contributed by atoms with Gasteiger partial charge in [0.25, 0.3) is 0 Å². The molecule has 1 aromatic carbocycles. The third-order valence-electron chi connectivity index (χ3n) is 2.82. The Labute approximate surface area is 122 Å². The van der Waals surface area contributed by atoms with Gasteiger partial charge in [-0.2, -0.15) is 0 Å². The van der Waals surface area contributed by atoms with E-state index in [0.29, 0.717) is 12.2 Å². The van der Waals surface area contributed by atoms with Crippen LogP contribution < -0.4 is 0 Å². The molecule has 0 aliphatic rings. The van der Waals surface area contributed by atoms with Crippen LogP contribution in [0.25, 0.3) is 6.08 Å². The van der Waals surface area contributed by atoms with Crippen molar-refractivity contribution in [2.24, 2.45) is 0 Å². The minimum Gasteiger partial charge on any atom is -0.502 e. The minimum atomic E-state index is -0.790. The van der Waals surface area contributed by atoms with Gasteiger partial charge in [-0.05, 0) is 18.9 Å². The zero-order chi connectivity index (χ0) is 15.1. The Morgan fingerprint density at radius 3 is 2.81 bits per heavy atom. The van der Waals surface area contributed by atoms with E-state index in [1.54, 1.807) is 13.1 Å². The number of aliphatic hydroxyl groups is 1. The Bertz CT molecular complexity index is 616. The molecule has 0 fully saturated rings. The van der Waals surface area contributed by atoms with Crippen molar-refractivity contribution in [3.05, 3.63) is 59.5 Å². The molecule has 0 bridgehead atoms. The molecule has 0 amide bonds. The van der Waals surface area contributed by atoms with Gasteiger partial charge in [-0.3, -0.25) is 0 Å². The normalized spacial score (nSPS) is 11.4. The lowest BCUT2D eigenvalue weighted by Crippen LogP contribution is -2.06. The fraction of sp³-hybridized carbons (Fsp3) is 0.250. The molecule has 21 heavy (non-hydrogen) atoms. The van der Waals surface area contributed by atoms with E-state index in [0.717, 1.165) is 12.5 Å². The monoisotopic (exact) mass is 287 g/mol. The summed E-state index contributed by atoms with van der Waals surface area (Å²) in [4.78, 5) is 15.3. The number of aryl methyl sites for hydroxylation is 2. The molecule has 0 spiro atoms. The van der Waals surface area contributed by atoms with Crippen molar-refractivity contribution in [2.75, 3.05) is 6.61 Å². The van der Waals surface area contributed by atoms with Crippen molar-refractivity contribution in [2.45, 2.75) is 19.8 Å². The van der Waals surface area contributed by atoms with E-state index < -0.39 is 11.7 Å². The number of oxazole rings is 1. The Balaban J connectivity index is 1.95. The molecule has 0 aliphatic heterocycles. The van der Waals surface area contributed by atoms with Crippen LogP contribution in [0, 0.1) is 0 Å². The molecule has 0 unspecified atom stereocenters. The molecule has 0 aliphatic carbocycles. The SMILES string of the molecule is CCOC(=O)/C(O)=C/c1ncc(CCc2ccccc2)o1. The van der Waals surface area contributed by atoms with Crippen molar-refractivity contribution < 1.29 is 19.1 Å². The van der Waals surface area contributed by atoms with E-state index in [-0.39, 0.29) is 12.5 Å². The van der Waals surface area contributed by atoms with Crippen LogP contribution in [0.5, 0.6) is 0 Å². The summed E-state index contributed by atoms with van der Waals surface area (Å²) in [6.45, 7) is 1.86. The van der Waals surface area contributed by atoms with Crippen LogP contribution in [0.2, 0.25) is 0 Å². The molecular weight excluding hydrogens is 270 g/mol. The second-order valence-corrected chi connectivity index (χ2v) is 4.40. The first-order valence-electron chi connectivity index (χ1n) is 6.75. The van der Waals surface area contributed by atoms with E-state index in [1.807, 2.05) is 30.3 Å². The number of carbonyl (C=O) groups is 1. The third-order valence-corrected chi connectivity index (χ3v) is 2.82. The number of hydrogen-bond donors (Lipinski definition) is 1. The largest absolute Gasteiger partial charge is 0.502 e. The van der Waals surface area contributed by atoms with Gasteiger partial charge < -0.3 is 14.3 Å². The van der Waals surface area contributed by atoms with Crippen molar-refractivity contribution in [1.29, 1.82) is 0 Å².